The van der Waals surface area contributed by atoms with E-state index in [2.05, 4.69) is 66.7 Å². The van der Waals surface area contributed by atoms with E-state index in [4.69, 9.17) is 10.5 Å². The first-order valence-corrected chi connectivity index (χ1v) is 11.8. The fraction of sp³-hybridized carbons (Fsp3) is 0.704. The highest BCUT2D eigenvalue weighted by molar-refractivity contribution is 5.61. The molecule has 2 N–H and O–H groups in total. The predicted octanol–water partition coefficient (Wildman–Crippen LogP) is 8.01. The number of nitrogen functional groups attached to an aromatic ring is 1. The first-order valence-electron chi connectivity index (χ1n) is 11.8. The average molecular weight is 400 g/mol. The summed E-state index contributed by atoms with van der Waals surface area (Å²) >= 11 is 0. The monoisotopic (exact) mass is 399 g/mol. The van der Waals surface area contributed by atoms with Crippen LogP contribution in [-0.4, -0.2) is 7.11 Å². The van der Waals surface area contributed by atoms with Gasteiger partial charge in [0.15, 0.2) is 0 Å². The highest BCUT2D eigenvalue weighted by atomic mass is 16.5. The molecule has 0 bridgehead atoms. The molecule has 0 unspecified atom stereocenters. The maximum atomic E-state index is 6.70. The van der Waals surface area contributed by atoms with Crippen LogP contribution in [0.2, 0.25) is 0 Å². The largest absolute Gasteiger partial charge is 0.496 e. The molecule has 0 heterocycles. The van der Waals surface area contributed by atoms with Gasteiger partial charge in [-0.1, -0.05) is 85.8 Å². The molecule has 0 saturated carbocycles. The van der Waals surface area contributed by atoms with Crippen LogP contribution in [0.1, 0.15) is 110 Å². The maximum absolute atomic E-state index is 6.70. The zero-order valence-corrected chi connectivity index (χ0v) is 20.3. The van der Waals surface area contributed by atoms with Crippen molar-refractivity contribution < 1.29 is 4.74 Å². The molecule has 1 aliphatic rings. The zero-order chi connectivity index (χ0) is 21.8. The second-order valence-corrected chi connectivity index (χ2v) is 10.5. The van der Waals surface area contributed by atoms with Gasteiger partial charge in [0.1, 0.15) is 5.75 Å². The molecule has 0 aliphatic heterocycles. The van der Waals surface area contributed by atoms with Crippen molar-refractivity contribution in [2.75, 3.05) is 12.8 Å². The molecular formula is C27H45NO. The number of anilines is 1. The molecule has 1 aromatic rings. The van der Waals surface area contributed by atoms with Crippen LogP contribution < -0.4 is 10.5 Å². The van der Waals surface area contributed by atoms with Crippen LogP contribution in [0.25, 0.3) is 0 Å². The van der Waals surface area contributed by atoms with E-state index in [-0.39, 0.29) is 10.8 Å². The molecule has 1 aliphatic carbocycles. The van der Waals surface area contributed by atoms with Crippen molar-refractivity contribution in [1.29, 1.82) is 0 Å². The second kappa shape index (κ2) is 9.58. The van der Waals surface area contributed by atoms with Gasteiger partial charge in [0.05, 0.1) is 7.11 Å². The van der Waals surface area contributed by atoms with Crippen molar-refractivity contribution in [2.45, 2.75) is 105 Å². The summed E-state index contributed by atoms with van der Waals surface area (Å²) in [5.41, 5.74) is 12.0. The Morgan fingerprint density at radius 1 is 1.14 bits per heavy atom. The normalized spacial score (nSPS) is 21.7. The second-order valence-electron chi connectivity index (χ2n) is 10.5. The van der Waals surface area contributed by atoms with Gasteiger partial charge in [-0.05, 0) is 53.7 Å². The number of allylic oxidation sites excluding steroid dienone is 2. The highest BCUT2D eigenvalue weighted by Gasteiger charge is 2.37. The van der Waals surface area contributed by atoms with Crippen molar-refractivity contribution in [3.05, 3.63) is 34.9 Å². The van der Waals surface area contributed by atoms with Gasteiger partial charge in [0.2, 0.25) is 0 Å². The first-order chi connectivity index (χ1) is 13.6. The number of hydrogen-bond donors (Lipinski definition) is 1. The van der Waals surface area contributed by atoms with E-state index in [0.717, 1.165) is 24.3 Å². The Morgan fingerprint density at radius 2 is 1.83 bits per heavy atom. The van der Waals surface area contributed by atoms with Crippen molar-refractivity contribution >= 4 is 5.69 Å². The van der Waals surface area contributed by atoms with Gasteiger partial charge >= 0.3 is 0 Å². The van der Waals surface area contributed by atoms with Gasteiger partial charge < -0.3 is 10.5 Å². The average Bonchev–Trinajstić information content (AvgIpc) is 2.66. The third-order valence-electron chi connectivity index (χ3n) is 7.50. The number of benzene rings is 1. The Kier molecular flexibility index (Phi) is 7.87. The van der Waals surface area contributed by atoms with Crippen LogP contribution in [0.5, 0.6) is 5.75 Å². The summed E-state index contributed by atoms with van der Waals surface area (Å²) in [5, 5.41) is 0. The number of hydrogen-bond acceptors (Lipinski definition) is 2. The Bertz CT molecular complexity index is 713. The van der Waals surface area contributed by atoms with Gasteiger partial charge in [-0.2, -0.15) is 0 Å². The molecule has 29 heavy (non-hydrogen) atoms. The lowest BCUT2D eigenvalue weighted by atomic mass is 9.64. The quantitative estimate of drug-likeness (QED) is 0.259. The number of rotatable bonds is 9. The van der Waals surface area contributed by atoms with Crippen LogP contribution in [-0.2, 0) is 5.41 Å². The molecule has 0 aromatic heterocycles. The van der Waals surface area contributed by atoms with E-state index in [1.165, 1.54) is 43.2 Å². The van der Waals surface area contributed by atoms with Crippen LogP contribution in [0.3, 0.4) is 0 Å². The van der Waals surface area contributed by atoms with E-state index in [9.17, 15) is 0 Å². The zero-order valence-electron chi connectivity index (χ0n) is 20.3. The molecule has 2 rings (SSSR count). The molecule has 1 aromatic carbocycles. The van der Waals surface area contributed by atoms with Crippen LogP contribution in [0, 0.1) is 11.3 Å². The molecule has 0 amide bonds. The van der Waals surface area contributed by atoms with E-state index >= 15 is 0 Å². The molecule has 0 fully saturated rings. The number of ether oxygens (including phenoxy) is 1. The molecule has 2 heteroatoms. The molecule has 2 nitrogen and oxygen atoms in total. The van der Waals surface area contributed by atoms with Gasteiger partial charge in [0, 0.05) is 17.2 Å². The summed E-state index contributed by atoms with van der Waals surface area (Å²) in [6.45, 7) is 16.4. The first kappa shape index (κ1) is 23.8. The summed E-state index contributed by atoms with van der Waals surface area (Å²) in [5.74, 6) is 1.90. The van der Waals surface area contributed by atoms with Gasteiger partial charge in [-0.15, -0.1) is 0 Å². The van der Waals surface area contributed by atoms with Crippen molar-refractivity contribution in [3.8, 4) is 5.75 Å². The molecule has 164 valence electrons. The Morgan fingerprint density at radius 3 is 2.41 bits per heavy atom. The van der Waals surface area contributed by atoms with E-state index in [0.29, 0.717) is 11.8 Å². The fourth-order valence-electron chi connectivity index (χ4n) is 5.06. The predicted molar refractivity (Wildman–Crippen MR) is 128 cm³/mol. The summed E-state index contributed by atoms with van der Waals surface area (Å²) in [6.07, 6.45) is 11.0. The van der Waals surface area contributed by atoms with Gasteiger partial charge in [-0.3, -0.25) is 0 Å². The topological polar surface area (TPSA) is 35.2 Å². The maximum Gasteiger partial charge on any atom is 0.125 e. The third-order valence-corrected chi connectivity index (χ3v) is 7.50. The van der Waals surface area contributed by atoms with Crippen LogP contribution in [0.4, 0.5) is 5.69 Å². The molecule has 0 spiro atoms. The highest BCUT2D eigenvalue weighted by Crippen LogP contribution is 2.50. The minimum atomic E-state index is 0.110. The van der Waals surface area contributed by atoms with Crippen molar-refractivity contribution in [3.63, 3.8) is 0 Å². The molecule has 2 atom stereocenters. The standard InChI is InChI=1S/C27H45NO/c1-9-11-12-13-14-26(4,5)22-16-23(28)25(24(17-22)29-8)21-15-20(10-2)19(3)27(6,7)18-21/h15-17,19,21H,9-14,18,28H2,1-8H3/t19-,21+/m1/s1. The minimum Gasteiger partial charge on any atom is -0.496 e. The van der Waals surface area contributed by atoms with Crippen molar-refractivity contribution in [1.82, 2.24) is 0 Å². The minimum absolute atomic E-state index is 0.110. The molecular weight excluding hydrogens is 354 g/mol. The Balaban J connectivity index is 2.39. The van der Waals surface area contributed by atoms with Crippen LogP contribution in [0.15, 0.2) is 23.8 Å². The lowest BCUT2D eigenvalue weighted by Gasteiger charge is -2.41. The van der Waals surface area contributed by atoms with E-state index in [1.807, 2.05) is 0 Å². The van der Waals surface area contributed by atoms with Gasteiger partial charge in [0.25, 0.3) is 0 Å². The SMILES string of the molecule is CCCCCCC(C)(C)c1cc(N)c([C@H]2C=C(CC)[C@@H](C)C(C)(C)C2)c(OC)c1. The van der Waals surface area contributed by atoms with Crippen LogP contribution >= 0.6 is 0 Å². The lowest BCUT2D eigenvalue weighted by Crippen LogP contribution is -2.30. The lowest BCUT2D eigenvalue weighted by molar-refractivity contribution is 0.213. The van der Waals surface area contributed by atoms with Gasteiger partial charge in [-0.25, -0.2) is 0 Å². The molecule has 0 saturated heterocycles. The Hall–Kier alpha value is -1.44. The third kappa shape index (κ3) is 5.38. The molecule has 0 radical (unpaired) electrons. The Labute approximate surface area is 180 Å². The van der Waals surface area contributed by atoms with Crippen molar-refractivity contribution in [2.24, 2.45) is 11.3 Å². The van der Waals surface area contributed by atoms with E-state index < -0.39 is 0 Å². The number of nitrogens with two attached hydrogens (primary N) is 1. The summed E-state index contributed by atoms with van der Waals surface area (Å²) in [6, 6.07) is 4.48. The summed E-state index contributed by atoms with van der Waals surface area (Å²) < 4.78 is 5.91. The number of unbranched alkanes of at least 4 members (excludes halogenated alkanes) is 3. The smallest absolute Gasteiger partial charge is 0.125 e. The van der Waals surface area contributed by atoms with E-state index in [1.54, 1.807) is 12.7 Å². The number of methoxy groups -OCH3 is 1. The fourth-order valence-corrected chi connectivity index (χ4v) is 5.06. The summed E-state index contributed by atoms with van der Waals surface area (Å²) in [7, 11) is 1.79. The summed E-state index contributed by atoms with van der Waals surface area (Å²) in [4.78, 5) is 0.